The first kappa shape index (κ1) is 49.1. The molecule has 4 fully saturated rings. The molecule has 0 radical (unpaired) electrons. The molecule has 0 bridgehead atoms. The molecule has 2 aliphatic heterocycles. The molecule has 2 aliphatic carbocycles. The standard InChI is InChI=1S/2C23H23F3INO3.CH4/c2*24-18-8-7-15(16(21(18)26)9-13-5-6-14(27)10-19(13)25)22(30)28-11-23(31,12-28)17-3-1-2-4-20(17)29;/h2*5-8,10,17,20,29,31H,1-4,9,11-12H2;1H4/t2*17-,20+;/m10./s1. The highest BCUT2D eigenvalue weighted by Gasteiger charge is 2.53. The SMILES string of the molecule is C.O=C(c1ccc(F)c(F)c1Cc1ccc(I)cc1F)N1CC(O)([C@@H]2CCCC[C@@H]2O)C1.O=C(c1ccc(F)c(F)c1Cc1ccc(I)cc1F)N1CC(O)([C@H]2CCCC[C@H]2O)C1. The van der Waals surface area contributed by atoms with E-state index in [0.29, 0.717) is 32.8 Å². The Balaban J connectivity index is 0.000000206. The van der Waals surface area contributed by atoms with Crippen LogP contribution in [0, 0.1) is 53.9 Å². The zero-order valence-corrected chi connectivity index (χ0v) is 37.8. The molecular weight excluding hydrogens is 1060 g/mol. The Kier molecular flexibility index (Phi) is 15.6. The molecule has 2 saturated heterocycles. The van der Waals surface area contributed by atoms with Crippen molar-refractivity contribution in [2.75, 3.05) is 26.2 Å². The summed E-state index contributed by atoms with van der Waals surface area (Å²) in [7, 11) is 0. The summed E-state index contributed by atoms with van der Waals surface area (Å²) in [5, 5.41) is 42.3. The van der Waals surface area contributed by atoms with Crippen LogP contribution in [-0.4, -0.2) is 91.6 Å². The van der Waals surface area contributed by atoms with Crippen LogP contribution < -0.4 is 0 Å². The predicted octanol–water partition coefficient (Wildman–Crippen LogP) is 8.71. The molecule has 4 aliphatic rings. The van der Waals surface area contributed by atoms with Crippen LogP contribution in [0.25, 0.3) is 0 Å². The van der Waals surface area contributed by atoms with E-state index in [1.165, 1.54) is 46.2 Å². The summed E-state index contributed by atoms with van der Waals surface area (Å²) in [4.78, 5) is 28.8. The first-order chi connectivity index (χ1) is 29.4. The maximum atomic E-state index is 14.6. The third kappa shape index (κ3) is 10.4. The Morgan fingerprint density at radius 1 is 0.556 bits per heavy atom. The summed E-state index contributed by atoms with van der Waals surface area (Å²) in [5.41, 5.74) is -2.58. The zero-order valence-electron chi connectivity index (χ0n) is 33.5. The number of nitrogens with zero attached hydrogens (tertiary/aromatic N) is 2. The number of aliphatic hydroxyl groups excluding tert-OH is 2. The Bertz CT molecular complexity index is 2180. The molecule has 0 spiro atoms. The van der Waals surface area contributed by atoms with Crippen molar-refractivity contribution in [2.24, 2.45) is 11.8 Å². The van der Waals surface area contributed by atoms with Gasteiger partial charge in [-0.3, -0.25) is 9.59 Å². The second kappa shape index (κ2) is 20.1. The van der Waals surface area contributed by atoms with Crippen LogP contribution in [-0.2, 0) is 12.8 Å². The largest absolute Gasteiger partial charge is 0.393 e. The van der Waals surface area contributed by atoms with Gasteiger partial charge >= 0.3 is 0 Å². The highest BCUT2D eigenvalue weighted by molar-refractivity contribution is 14.1. The van der Waals surface area contributed by atoms with Gasteiger partial charge in [0, 0.05) is 54.1 Å². The van der Waals surface area contributed by atoms with E-state index < -0.39 is 70.1 Å². The fourth-order valence-corrected chi connectivity index (χ4v) is 10.4. The van der Waals surface area contributed by atoms with Gasteiger partial charge in [0.25, 0.3) is 11.8 Å². The van der Waals surface area contributed by atoms with Gasteiger partial charge in [-0.05, 0) is 131 Å². The van der Waals surface area contributed by atoms with Crippen LogP contribution in [0.4, 0.5) is 26.3 Å². The van der Waals surface area contributed by atoms with Crippen molar-refractivity contribution in [2.45, 2.75) is 95.0 Å². The monoisotopic (exact) mass is 1110 g/mol. The van der Waals surface area contributed by atoms with E-state index in [9.17, 15) is 56.4 Å². The number of amides is 2. The molecule has 2 saturated carbocycles. The van der Waals surface area contributed by atoms with Crippen LogP contribution in [0.5, 0.6) is 0 Å². The van der Waals surface area contributed by atoms with Crippen molar-refractivity contribution in [1.82, 2.24) is 9.80 Å². The second-order valence-electron chi connectivity index (χ2n) is 17.0. The molecular formula is C47H50F6I2N2O6. The molecule has 8 rings (SSSR count). The molecule has 340 valence electrons. The number of benzene rings is 4. The lowest BCUT2D eigenvalue weighted by Gasteiger charge is -2.52. The van der Waals surface area contributed by atoms with Crippen LogP contribution >= 0.6 is 45.2 Å². The summed E-state index contributed by atoms with van der Waals surface area (Å²) in [6, 6.07) is 13.0. The van der Waals surface area contributed by atoms with Crippen LogP contribution in [0.3, 0.4) is 0 Å². The minimum absolute atomic E-state index is 0. The van der Waals surface area contributed by atoms with E-state index in [1.807, 2.05) is 45.2 Å². The van der Waals surface area contributed by atoms with Crippen molar-refractivity contribution >= 4 is 57.0 Å². The summed E-state index contributed by atoms with van der Waals surface area (Å²) < 4.78 is 87.1. The van der Waals surface area contributed by atoms with Crippen LogP contribution in [0.15, 0.2) is 60.7 Å². The molecule has 4 N–H and O–H groups in total. The van der Waals surface area contributed by atoms with Gasteiger partial charge in [0.05, 0.1) is 38.4 Å². The van der Waals surface area contributed by atoms with Gasteiger partial charge in [-0.2, -0.15) is 0 Å². The van der Waals surface area contributed by atoms with E-state index in [1.54, 1.807) is 12.1 Å². The summed E-state index contributed by atoms with van der Waals surface area (Å²) in [6.45, 7) is 0.0710. The average Bonchev–Trinajstić information content (AvgIpc) is 3.21. The maximum Gasteiger partial charge on any atom is 0.254 e. The first-order valence-corrected chi connectivity index (χ1v) is 22.8. The zero-order chi connectivity index (χ0) is 44.7. The van der Waals surface area contributed by atoms with Gasteiger partial charge in [-0.1, -0.05) is 45.2 Å². The lowest BCUT2D eigenvalue weighted by Crippen LogP contribution is -2.69. The molecule has 2 heterocycles. The summed E-state index contributed by atoms with van der Waals surface area (Å²) >= 11 is 3.90. The number of hydrogen-bond acceptors (Lipinski definition) is 6. The van der Waals surface area contributed by atoms with Gasteiger partial charge in [-0.15, -0.1) is 0 Å². The van der Waals surface area contributed by atoms with E-state index in [2.05, 4.69) is 0 Å². The van der Waals surface area contributed by atoms with Gasteiger partial charge in [0.2, 0.25) is 0 Å². The number of carbonyl (C=O) groups excluding carboxylic acids is 2. The molecule has 63 heavy (non-hydrogen) atoms. The quantitative estimate of drug-likeness (QED) is 0.104. The Morgan fingerprint density at radius 3 is 1.24 bits per heavy atom. The average molecular weight is 1110 g/mol. The normalized spacial score (nSPS) is 22.5. The molecule has 2 amide bonds. The molecule has 4 aromatic rings. The van der Waals surface area contributed by atoms with E-state index in [0.717, 1.165) is 37.8 Å². The molecule has 4 atom stereocenters. The maximum absolute atomic E-state index is 14.6. The third-order valence-electron chi connectivity index (χ3n) is 12.9. The number of halogens is 8. The lowest BCUT2D eigenvalue weighted by atomic mass is 9.71. The van der Waals surface area contributed by atoms with Crippen LogP contribution in [0.2, 0.25) is 0 Å². The first-order valence-electron chi connectivity index (χ1n) is 20.6. The fraction of sp³-hybridized carbons (Fsp3) is 0.447. The molecule has 4 aromatic carbocycles. The number of β-amino-alcohol motifs (C(OH)–C–C–N with tert-alkyl or cyclic N) is 2. The van der Waals surface area contributed by atoms with E-state index in [4.69, 9.17) is 0 Å². The fourth-order valence-electron chi connectivity index (χ4n) is 9.45. The van der Waals surface area contributed by atoms with Crippen molar-refractivity contribution in [1.29, 1.82) is 0 Å². The molecule has 8 nitrogen and oxygen atoms in total. The minimum atomic E-state index is -1.18. The second-order valence-corrected chi connectivity index (χ2v) is 19.5. The number of hydrogen-bond donors (Lipinski definition) is 4. The van der Waals surface area contributed by atoms with Crippen molar-refractivity contribution in [3.63, 3.8) is 0 Å². The minimum Gasteiger partial charge on any atom is -0.393 e. The third-order valence-corrected chi connectivity index (χ3v) is 14.2. The van der Waals surface area contributed by atoms with Gasteiger partial charge in [0.15, 0.2) is 23.3 Å². The van der Waals surface area contributed by atoms with Gasteiger partial charge < -0.3 is 30.2 Å². The van der Waals surface area contributed by atoms with Gasteiger partial charge in [0.1, 0.15) is 22.8 Å². The molecule has 0 aromatic heterocycles. The predicted molar refractivity (Wildman–Crippen MR) is 241 cm³/mol. The lowest BCUT2D eigenvalue weighted by molar-refractivity contribution is -0.156. The highest BCUT2D eigenvalue weighted by atomic mass is 127. The van der Waals surface area contributed by atoms with Crippen molar-refractivity contribution in [3.05, 3.63) is 136 Å². The molecule has 0 unspecified atom stereocenters. The smallest absolute Gasteiger partial charge is 0.254 e. The van der Waals surface area contributed by atoms with E-state index in [-0.39, 0.29) is 91.7 Å². The number of aliphatic hydroxyl groups is 4. The van der Waals surface area contributed by atoms with Crippen molar-refractivity contribution in [3.8, 4) is 0 Å². The van der Waals surface area contributed by atoms with Crippen LogP contribution in [0.1, 0.15) is 102 Å². The van der Waals surface area contributed by atoms with E-state index >= 15 is 0 Å². The summed E-state index contributed by atoms with van der Waals surface area (Å²) in [5.74, 6) is -7.40. The topological polar surface area (TPSA) is 122 Å². The highest BCUT2D eigenvalue weighted by Crippen LogP contribution is 2.41. The Labute approximate surface area is 390 Å². The van der Waals surface area contributed by atoms with Gasteiger partial charge in [-0.25, -0.2) is 26.3 Å². The number of likely N-dealkylation sites (tertiary alicyclic amines) is 2. The number of carbonyl (C=O) groups is 2. The Hall–Kier alpha value is -3.30. The Morgan fingerprint density at radius 2 is 0.905 bits per heavy atom. The summed E-state index contributed by atoms with van der Waals surface area (Å²) in [6.07, 6.45) is 4.47. The molecule has 16 heteroatoms. The number of rotatable bonds is 8. The van der Waals surface area contributed by atoms with Crippen molar-refractivity contribution < 1.29 is 56.4 Å².